The number of epoxide rings is 1. The zero-order chi connectivity index (χ0) is 12.1. The lowest BCUT2D eigenvalue weighted by atomic mass is 10.5. The molecule has 0 aliphatic carbocycles. The van der Waals surface area contributed by atoms with Gasteiger partial charge in [-0.15, -0.1) is 0 Å². The molecular weight excluding hydrogens is 268 g/mol. The number of hydrogen-bond acceptors (Lipinski definition) is 3. The summed E-state index contributed by atoms with van der Waals surface area (Å²) in [5, 5.41) is 0. The van der Waals surface area contributed by atoms with Crippen LogP contribution in [0.1, 0.15) is 19.8 Å². The van der Waals surface area contributed by atoms with E-state index in [1.807, 2.05) is 0 Å². The van der Waals surface area contributed by atoms with Gasteiger partial charge in [0.25, 0.3) is 0 Å². The molecule has 3 nitrogen and oxygen atoms in total. The minimum absolute atomic E-state index is 0.459. The van der Waals surface area contributed by atoms with Gasteiger partial charge in [-0.25, -0.2) is 0 Å². The Morgan fingerprint density at radius 2 is 2.19 bits per heavy atom. The van der Waals surface area contributed by atoms with Crippen molar-refractivity contribution in [3.8, 4) is 0 Å². The zero-order valence-corrected chi connectivity index (χ0v) is 18.0. The topological polar surface area (TPSA) is 31.0 Å². The van der Waals surface area contributed by atoms with E-state index >= 15 is 0 Å². The Balaban J connectivity index is 0.000000385. The maximum absolute atomic E-state index is 5.43. The first-order chi connectivity index (χ1) is 7.85. The average Bonchev–Trinajstić information content (AvgIpc) is 3.09. The van der Waals surface area contributed by atoms with Crippen molar-refractivity contribution in [2.75, 3.05) is 26.4 Å². The summed E-state index contributed by atoms with van der Waals surface area (Å²) in [4.78, 5) is 0. The summed E-state index contributed by atoms with van der Waals surface area (Å²) in [5.41, 5.74) is 0. The van der Waals surface area contributed by atoms with Crippen molar-refractivity contribution in [2.24, 2.45) is 0 Å². The molecule has 1 unspecified atom stereocenters. The Labute approximate surface area is 110 Å². The van der Waals surface area contributed by atoms with Crippen molar-refractivity contribution in [3.63, 3.8) is 0 Å². The Hall–Kier alpha value is 0.748. The number of hydrogen-bond donors (Lipinski definition) is 0. The number of rotatable bonds is 9. The number of ether oxygens (including phenoxy) is 2. The Kier molecular flexibility index (Phi) is 14.5. The molecule has 0 amide bonds. The van der Waals surface area contributed by atoms with E-state index in [-0.39, 0.29) is 0 Å². The average molecular weight is 297 g/mol. The molecule has 0 bridgehead atoms. The summed E-state index contributed by atoms with van der Waals surface area (Å²) < 4.78 is 15.3. The van der Waals surface area contributed by atoms with Gasteiger partial charge in [-0.3, -0.25) is 0 Å². The first-order valence-electron chi connectivity index (χ1n) is 6.53. The molecule has 1 aliphatic heterocycles. The molecule has 0 N–H and O–H groups in total. The second kappa shape index (κ2) is 13.8. The van der Waals surface area contributed by atoms with Gasteiger partial charge in [-0.1, -0.05) is 13.0 Å². The largest absolute Gasteiger partial charge is 0.428 e. The Morgan fingerprint density at radius 3 is 2.62 bits per heavy atom. The van der Waals surface area contributed by atoms with Gasteiger partial charge in [0.2, 0.25) is 0 Å². The van der Waals surface area contributed by atoms with Gasteiger partial charge < -0.3 is 13.9 Å². The quantitative estimate of drug-likeness (QED) is 0.266. The fourth-order valence-electron chi connectivity index (χ4n) is 1.21. The molecule has 1 atom stereocenters. The fourth-order valence-corrected chi connectivity index (χ4v) is 9.74. The monoisotopic (exact) mass is 296 g/mol. The Bertz CT molecular complexity index is 134. The van der Waals surface area contributed by atoms with Crippen molar-refractivity contribution in [2.45, 2.75) is 31.9 Å². The lowest BCUT2D eigenvalue weighted by molar-refractivity contribution is 0.117. The molecule has 0 radical (unpaired) electrons. The summed E-state index contributed by atoms with van der Waals surface area (Å²) >= 11 is 0. The van der Waals surface area contributed by atoms with Crippen LogP contribution in [0.5, 0.6) is 0 Å². The normalized spacial score (nSPS) is 19.7. The van der Waals surface area contributed by atoms with E-state index < -0.39 is 0 Å². The second-order valence-corrected chi connectivity index (χ2v) is 21.2. The third-order valence-corrected chi connectivity index (χ3v) is 14.4. The SMILES string of the molecule is CCCO[SiH3].[SiH3][SiH2][SiH2]CCCOCC1CO1. The van der Waals surface area contributed by atoms with Gasteiger partial charge in [0.05, 0.1) is 13.2 Å². The van der Waals surface area contributed by atoms with Crippen LogP contribution < -0.4 is 0 Å². The van der Waals surface area contributed by atoms with E-state index in [1.165, 1.54) is 6.42 Å². The summed E-state index contributed by atoms with van der Waals surface area (Å²) in [7, 11) is 3.51. The van der Waals surface area contributed by atoms with Crippen LogP contribution in [-0.2, 0) is 13.9 Å². The standard InChI is InChI=1S/C6H18O2Si3.C3H10OSi/c9-11-10-3-1-2-7-4-6-5-8-6;1-2-3-4-5/h6H,1-5,10-11H2,9H3;2-3H2,1,5H3. The third kappa shape index (κ3) is 14.7. The highest BCUT2D eigenvalue weighted by Crippen LogP contribution is 2.08. The van der Waals surface area contributed by atoms with E-state index in [0.717, 1.165) is 43.3 Å². The highest BCUT2D eigenvalue weighted by molar-refractivity contribution is 7.23. The molecule has 1 fully saturated rings. The van der Waals surface area contributed by atoms with Gasteiger partial charge >= 0.3 is 0 Å². The van der Waals surface area contributed by atoms with Gasteiger partial charge in [0, 0.05) is 22.3 Å². The third-order valence-electron chi connectivity index (χ3n) is 2.26. The molecule has 98 valence electrons. The van der Waals surface area contributed by atoms with Gasteiger partial charge in [0.1, 0.15) is 16.6 Å². The van der Waals surface area contributed by atoms with Gasteiger partial charge in [-0.05, 0) is 31.2 Å². The lowest BCUT2D eigenvalue weighted by Gasteiger charge is -1.99. The van der Waals surface area contributed by atoms with E-state index in [9.17, 15) is 0 Å². The highest BCUT2D eigenvalue weighted by atomic mass is 29.5. The first kappa shape index (κ1) is 16.7. The summed E-state index contributed by atoms with van der Waals surface area (Å²) in [6.07, 6.45) is 2.94. The van der Waals surface area contributed by atoms with Crippen molar-refractivity contribution in [1.29, 1.82) is 0 Å². The van der Waals surface area contributed by atoms with E-state index in [4.69, 9.17) is 13.9 Å². The van der Waals surface area contributed by atoms with Gasteiger partial charge in [-0.2, -0.15) is 0 Å². The van der Waals surface area contributed by atoms with E-state index in [0.29, 0.717) is 23.7 Å². The smallest absolute Gasteiger partial charge is 0.145 e. The predicted octanol–water partition coefficient (Wildman–Crippen LogP) is -2.56. The molecule has 0 aromatic carbocycles. The van der Waals surface area contributed by atoms with Crippen LogP contribution in [0.4, 0.5) is 0 Å². The molecule has 1 heterocycles. The summed E-state index contributed by atoms with van der Waals surface area (Å²) in [5.74, 6) is 0. The summed E-state index contributed by atoms with van der Waals surface area (Å²) in [6.45, 7) is 5.83. The Morgan fingerprint density at radius 1 is 1.44 bits per heavy atom. The molecule has 0 aromatic heterocycles. The van der Waals surface area contributed by atoms with Crippen LogP contribution in [0.25, 0.3) is 0 Å². The second-order valence-electron chi connectivity index (χ2n) is 4.08. The van der Waals surface area contributed by atoms with Crippen LogP contribution in [-0.4, -0.2) is 70.4 Å². The lowest BCUT2D eigenvalue weighted by Crippen LogP contribution is -2.06. The van der Waals surface area contributed by atoms with Crippen LogP contribution in [0.2, 0.25) is 6.04 Å². The molecule has 16 heavy (non-hydrogen) atoms. The van der Waals surface area contributed by atoms with Crippen molar-refractivity contribution in [3.05, 3.63) is 0 Å². The molecule has 0 spiro atoms. The van der Waals surface area contributed by atoms with Crippen molar-refractivity contribution >= 4 is 37.8 Å². The fraction of sp³-hybridized carbons (Fsp3) is 1.00. The maximum atomic E-state index is 5.43. The molecule has 0 saturated carbocycles. The van der Waals surface area contributed by atoms with Crippen LogP contribution in [0, 0.1) is 0 Å². The predicted molar refractivity (Wildman–Crippen MR) is 83.2 cm³/mol. The van der Waals surface area contributed by atoms with Crippen LogP contribution in [0.3, 0.4) is 0 Å². The minimum atomic E-state index is 0.459. The maximum Gasteiger partial charge on any atom is 0.145 e. The van der Waals surface area contributed by atoms with Crippen molar-refractivity contribution < 1.29 is 13.9 Å². The molecule has 1 rings (SSSR count). The molecule has 7 heteroatoms. The molecule has 1 saturated heterocycles. The van der Waals surface area contributed by atoms with Crippen molar-refractivity contribution in [1.82, 2.24) is 0 Å². The van der Waals surface area contributed by atoms with E-state index in [2.05, 4.69) is 6.92 Å². The van der Waals surface area contributed by atoms with Gasteiger partial charge in [0.15, 0.2) is 0 Å². The van der Waals surface area contributed by atoms with E-state index in [1.54, 1.807) is 15.8 Å². The van der Waals surface area contributed by atoms with Crippen LogP contribution >= 0.6 is 0 Å². The summed E-state index contributed by atoms with van der Waals surface area (Å²) in [6, 6.07) is 1.54. The first-order valence-corrected chi connectivity index (χ1v) is 18.0. The zero-order valence-electron chi connectivity index (χ0n) is 11.2. The minimum Gasteiger partial charge on any atom is -0.428 e. The molecule has 0 aromatic rings. The molecule has 1 aliphatic rings. The molecular formula is C9H28O3Si4. The van der Waals surface area contributed by atoms with Crippen LogP contribution in [0.15, 0.2) is 0 Å². The highest BCUT2D eigenvalue weighted by Gasteiger charge is 2.21.